The molecule has 0 aromatic heterocycles. The molecule has 31 heavy (non-hydrogen) atoms. The van der Waals surface area contributed by atoms with E-state index in [1.807, 2.05) is 54.6 Å². The van der Waals surface area contributed by atoms with Gasteiger partial charge in [-0.15, -0.1) is 0 Å². The first kappa shape index (κ1) is 21.1. The quantitative estimate of drug-likeness (QED) is 0.697. The van der Waals surface area contributed by atoms with Crippen LogP contribution in [0.4, 0.5) is 0 Å². The number of hydrogen-bond acceptors (Lipinski definition) is 4. The molecule has 1 fully saturated rings. The fourth-order valence-electron chi connectivity index (χ4n) is 4.53. The fourth-order valence-corrected chi connectivity index (χ4v) is 4.53. The molecule has 0 saturated carbocycles. The summed E-state index contributed by atoms with van der Waals surface area (Å²) in [5.41, 5.74) is 2.81. The van der Waals surface area contributed by atoms with Gasteiger partial charge >= 0.3 is 5.97 Å². The monoisotopic (exact) mass is 420 g/mol. The van der Waals surface area contributed by atoms with Gasteiger partial charge < -0.3 is 14.5 Å². The third-order valence-corrected chi connectivity index (χ3v) is 6.18. The van der Waals surface area contributed by atoms with Gasteiger partial charge in [0.15, 0.2) is 0 Å². The lowest BCUT2D eigenvalue weighted by molar-refractivity contribution is -0.153. The van der Waals surface area contributed by atoms with Crippen molar-refractivity contribution in [1.29, 1.82) is 0 Å². The number of nitrogens with zero attached hydrogens (tertiary/aromatic N) is 2. The Balaban J connectivity index is 1.57. The number of carbonyl (C=O) groups is 3. The van der Waals surface area contributed by atoms with Gasteiger partial charge in [0.2, 0.25) is 11.8 Å². The lowest BCUT2D eigenvalue weighted by Gasteiger charge is -2.40. The topological polar surface area (TPSA) is 66.9 Å². The van der Waals surface area contributed by atoms with Gasteiger partial charge in [-0.1, -0.05) is 54.6 Å². The van der Waals surface area contributed by atoms with Crippen molar-refractivity contribution >= 4 is 17.8 Å². The molecule has 0 spiro atoms. The highest BCUT2D eigenvalue weighted by atomic mass is 16.5. The predicted octanol–water partition coefficient (Wildman–Crippen LogP) is 3.11. The maximum Gasteiger partial charge on any atom is 0.309 e. The van der Waals surface area contributed by atoms with E-state index in [9.17, 15) is 14.4 Å². The average molecular weight is 421 g/mol. The molecular formula is C25H28N2O4. The van der Waals surface area contributed by atoms with Crippen LogP contribution in [-0.4, -0.2) is 47.3 Å². The zero-order valence-corrected chi connectivity index (χ0v) is 17.8. The Kier molecular flexibility index (Phi) is 6.35. The summed E-state index contributed by atoms with van der Waals surface area (Å²) in [7, 11) is 0. The molecule has 2 aromatic rings. The Morgan fingerprint density at radius 1 is 1.00 bits per heavy atom. The van der Waals surface area contributed by atoms with Crippen molar-refractivity contribution in [2.75, 3.05) is 19.7 Å². The van der Waals surface area contributed by atoms with Gasteiger partial charge in [0, 0.05) is 19.6 Å². The first-order valence-electron chi connectivity index (χ1n) is 10.9. The van der Waals surface area contributed by atoms with Gasteiger partial charge in [-0.05, 0) is 36.5 Å². The van der Waals surface area contributed by atoms with Crippen LogP contribution in [-0.2, 0) is 32.1 Å². The number of fused-ring (bicyclic) bond motifs is 1. The third kappa shape index (κ3) is 4.48. The number of esters is 1. The maximum absolute atomic E-state index is 13.7. The molecule has 0 bridgehead atoms. The van der Waals surface area contributed by atoms with Gasteiger partial charge in [0.1, 0.15) is 6.04 Å². The average Bonchev–Trinajstić information content (AvgIpc) is 2.80. The van der Waals surface area contributed by atoms with E-state index >= 15 is 0 Å². The van der Waals surface area contributed by atoms with Crippen LogP contribution in [0.5, 0.6) is 0 Å². The second kappa shape index (κ2) is 9.33. The van der Waals surface area contributed by atoms with Crippen molar-refractivity contribution < 1.29 is 19.1 Å². The number of piperidine rings is 1. The fraction of sp³-hybridized carbons (Fsp3) is 0.400. The third-order valence-electron chi connectivity index (χ3n) is 6.18. The molecule has 2 amide bonds. The second-order valence-corrected chi connectivity index (χ2v) is 8.14. The van der Waals surface area contributed by atoms with Crippen LogP contribution in [0.15, 0.2) is 54.6 Å². The number of carbonyl (C=O) groups excluding carboxylic acids is 3. The SMILES string of the molecule is CCOC(=O)C1CCN(C(=O)[C@@H]2c3ccccc3CC(=O)N2Cc2ccccc2)CC1. The molecule has 4 rings (SSSR count). The number of hydrogen-bond donors (Lipinski definition) is 0. The van der Waals surface area contributed by atoms with Gasteiger partial charge in [-0.2, -0.15) is 0 Å². The molecular weight excluding hydrogens is 392 g/mol. The van der Waals surface area contributed by atoms with Crippen LogP contribution in [0.1, 0.15) is 42.5 Å². The number of amides is 2. The summed E-state index contributed by atoms with van der Waals surface area (Å²) >= 11 is 0. The molecule has 2 aliphatic heterocycles. The Morgan fingerprint density at radius 2 is 1.68 bits per heavy atom. The molecule has 0 aliphatic carbocycles. The molecule has 162 valence electrons. The van der Waals surface area contributed by atoms with Gasteiger partial charge in [-0.25, -0.2) is 0 Å². The lowest BCUT2D eigenvalue weighted by Crippen LogP contribution is -2.50. The van der Waals surface area contributed by atoms with Gasteiger partial charge in [-0.3, -0.25) is 14.4 Å². The van der Waals surface area contributed by atoms with Crippen LogP contribution in [0, 0.1) is 5.92 Å². The summed E-state index contributed by atoms with van der Waals surface area (Å²) in [5.74, 6) is -0.454. The Hall–Kier alpha value is -3.15. The standard InChI is InChI=1S/C25H28N2O4/c1-2-31-25(30)19-12-14-26(15-13-19)24(29)23-21-11-7-6-10-20(21)16-22(28)27(23)17-18-8-4-3-5-9-18/h3-11,19,23H,2,12-17H2,1H3/t23-/m0/s1. The van der Waals surface area contributed by atoms with Crippen molar-refractivity contribution in [1.82, 2.24) is 9.80 Å². The van der Waals surface area contributed by atoms with E-state index in [1.54, 1.807) is 16.7 Å². The van der Waals surface area contributed by atoms with E-state index in [0.717, 1.165) is 16.7 Å². The molecule has 1 atom stereocenters. The lowest BCUT2D eigenvalue weighted by atomic mass is 9.89. The predicted molar refractivity (Wildman–Crippen MR) is 116 cm³/mol. The van der Waals surface area contributed by atoms with Crippen LogP contribution in [0.3, 0.4) is 0 Å². The molecule has 6 nitrogen and oxygen atoms in total. The van der Waals surface area contributed by atoms with E-state index in [-0.39, 0.29) is 23.7 Å². The van der Waals surface area contributed by atoms with Crippen molar-refractivity contribution in [3.63, 3.8) is 0 Å². The van der Waals surface area contributed by atoms with Crippen molar-refractivity contribution in [2.45, 2.75) is 38.8 Å². The molecule has 0 unspecified atom stereocenters. The Labute approximate surface area is 182 Å². The Morgan fingerprint density at radius 3 is 2.39 bits per heavy atom. The van der Waals surface area contributed by atoms with Crippen LogP contribution >= 0.6 is 0 Å². The van der Waals surface area contributed by atoms with E-state index in [1.165, 1.54) is 0 Å². The molecule has 0 N–H and O–H groups in total. The summed E-state index contributed by atoms with van der Waals surface area (Å²) in [5, 5.41) is 0. The summed E-state index contributed by atoms with van der Waals surface area (Å²) in [6, 6.07) is 16.8. The first-order valence-corrected chi connectivity index (χ1v) is 10.9. The largest absolute Gasteiger partial charge is 0.466 e. The highest BCUT2D eigenvalue weighted by Gasteiger charge is 2.40. The van der Waals surface area contributed by atoms with Crippen molar-refractivity contribution in [3.05, 3.63) is 71.3 Å². The molecule has 2 aliphatic rings. The highest BCUT2D eigenvalue weighted by Crippen LogP contribution is 2.34. The highest BCUT2D eigenvalue weighted by molar-refractivity contribution is 5.92. The number of likely N-dealkylation sites (tertiary alicyclic amines) is 1. The second-order valence-electron chi connectivity index (χ2n) is 8.14. The molecule has 0 radical (unpaired) electrons. The minimum atomic E-state index is -0.642. The van der Waals surface area contributed by atoms with Crippen LogP contribution in [0.2, 0.25) is 0 Å². The van der Waals surface area contributed by atoms with Crippen molar-refractivity contribution in [2.24, 2.45) is 5.92 Å². The summed E-state index contributed by atoms with van der Waals surface area (Å²) in [4.78, 5) is 42.3. The molecule has 1 saturated heterocycles. The summed E-state index contributed by atoms with van der Waals surface area (Å²) < 4.78 is 5.14. The molecule has 2 aromatic carbocycles. The Bertz CT molecular complexity index is 951. The van der Waals surface area contributed by atoms with Gasteiger partial charge in [0.05, 0.1) is 18.9 Å². The van der Waals surface area contributed by atoms with Crippen LogP contribution in [0.25, 0.3) is 0 Å². The molecule has 6 heteroatoms. The maximum atomic E-state index is 13.7. The van der Waals surface area contributed by atoms with E-state index in [2.05, 4.69) is 0 Å². The van der Waals surface area contributed by atoms with E-state index in [4.69, 9.17) is 4.74 Å². The molecule has 2 heterocycles. The number of ether oxygens (including phenoxy) is 1. The smallest absolute Gasteiger partial charge is 0.309 e. The van der Waals surface area contributed by atoms with Gasteiger partial charge in [0.25, 0.3) is 0 Å². The zero-order valence-electron chi connectivity index (χ0n) is 17.8. The normalized spacial score (nSPS) is 19.1. The minimum Gasteiger partial charge on any atom is -0.466 e. The van der Waals surface area contributed by atoms with Crippen LogP contribution < -0.4 is 0 Å². The number of rotatable bonds is 5. The number of benzene rings is 2. The summed E-state index contributed by atoms with van der Waals surface area (Å²) in [6.07, 6.45) is 1.48. The summed E-state index contributed by atoms with van der Waals surface area (Å²) in [6.45, 7) is 3.55. The van der Waals surface area contributed by atoms with E-state index in [0.29, 0.717) is 45.5 Å². The first-order chi connectivity index (χ1) is 15.1. The van der Waals surface area contributed by atoms with E-state index < -0.39 is 6.04 Å². The zero-order chi connectivity index (χ0) is 21.8. The minimum absolute atomic E-state index is 0.0395. The van der Waals surface area contributed by atoms with Crippen molar-refractivity contribution in [3.8, 4) is 0 Å².